The molecule has 6 nitrogen and oxygen atoms in total. The van der Waals surface area contributed by atoms with Crippen molar-refractivity contribution < 1.29 is 14.4 Å². The molecule has 1 aromatic rings. The highest BCUT2D eigenvalue weighted by molar-refractivity contribution is 9.11. The minimum atomic E-state index is -0.462. The van der Waals surface area contributed by atoms with Gasteiger partial charge >= 0.3 is 0 Å². The van der Waals surface area contributed by atoms with Gasteiger partial charge in [0, 0.05) is 31.7 Å². The lowest BCUT2D eigenvalue weighted by Gasteiger charge is -2.41. The van der Waals surface area contributed by atoms with Gasteiger partial charge in [0.15, 0.2) is 0 Å². The van der Waals surface area contributed by atoms with E-state index >= 15 is 0 Å². The lowest BCUT2D eigenvalue weighted by atomic mass is 9.86. The van der Waals surface area contributed by atoms with Crippen molar-refractivity contribution in [2.75, 3.05) is 7.11 Å². The van der Waals surface area contributed by atoms with Crippen LogP contribution in [-0.2, 0) is 4.74 Å². The van der Waals surface area contributed by atoms with Crippen molar-refractivity contribution in [2.45, 2.75) is 24.7 Å². The van der Waals surface area contributed by atoms with Crippen LogP contribution in [0.1, 0.15) is 6.42 Å². The van der Waals surface area contributed by atoms with E-state index in [-0.39, 0.29) is 23.9 Å². The fourth-order valence-corrected chi connectivity index (χ4v) is 3.32. The normalized spacial score (nSPS) is 25.8. The summed E-state index contributed by atoms with van der Waals surface area (Å²) in [5, 5.41) is 10.7. The topological polar surface area (TPSA) is 87.6 Å². The lowest BCUT2D eigenvalue weighted by molar-refractivity contribution is -0.385. The second kappa shape index (κ2) is 5.74. The summed E-state index contributed by atoms with van der Waals surface area (Å²) in [6.45, 7) is 0. The number of nitro groups is 1. The molecule has 2 N–H and O–H groups in total. The second-order valence-corrected chi connectivity index (χ2v) is 5.96. The number of non-ortho nitro benzene ring substituents is 1. The van der Waals surface area contributed by atoms with Crippen LogP contribution in [0, 0.1) is 10.1 Å². The second-order valence-electron chi connectivity index (χ2n) is 4.25. The number of nitrogens with two attached hydrogens (primary N) is 1. The quantitative estimate of drug-likeness (QED) is 0.625. The molecule has 0 spiro atoms. The lowest BCUT2D eigenvalue weighted by Crippen LogP contribution is -2.59. The molecule has 0 amide bonds. The van der Waals surface area contributed by atoms with Gasteiger partial charge in [0.05, 0.1) is 13.9 Å². The summed E-state index contributed by atoms with van der Waals surface area (Å²) < 4.78 is 12.1. The summed E-state index contributed by atoms with van der Waals surface area (Å²) >= 11 is 6.55. The molecule has 1 saturated carbocycles. The van der Waals surface area contributed by atoms with Crippen LogP contribution in [0.25, 0.3) is 0 Å². The van der Waals surface area contributed by atoms with Crippen molar-refractivity contribution in [3.05, 3.63) is 31.2 Å². The van der Waals surface area contributed by atoms with Gasteiger partial charge in [-0.15, -0.1) is 0 Å². The molecule has 1 aromatic carbocycles. The van der Waals surface area contributed by atoms with Crippen LogP contribution in [0.2, 0.25) is 0 Å². The molecule has 2 rings (SSSR count). The third kappa shape index (κ3) is 2.91. The minimum absolute atomic E-state index is 0.0142. The molecular weight excluding hydrogens is 384 g/mol. The van der Waals surface area contributed by atoms with E-state index in [1.807, 2.05) is 0 Å². The number of rotatable bonds is 4. The Labute approximate surface area is 126 Å². The molecule has 19 heavy (non-hydrogen) atoms. The molecule has 0 heterocycles. The predicted octanol–water partition coefficient (Wildman–Crippen LogP) is 2.61. The van der Waals surface area contributed by atoms with Gasteiger partial charge < -0.3 is 15.2 Å². The van der Waals surface area contributed by atoms with E-state index in [1.54, 1.807) is 7.11 Å². The maximum absolute atomic E-state index is 10.7. The number of ether oxygens (including phenoxy) is 2. The molecule has 104 valence electrons. The third-order valence-electron chi connectivity index (χ3n) is 3.03. The van der Waals surface area contributed by atoms with Crippen molar-refractivity contribution in [1.82, 2.24) is 0 Å². The van der Waals surface area contributed by atoms with Gasteiger partial charge in [0.2, 0.25) is 0 Å². The first-order chi connectivity index (χ1) is 8.93. The average molecular weight is 396 g/mol. The zero-order valence-electron chi connectivity index (χ0n) is 10.0. The van der Waals surface area contributed by atoms with Crippen LogP contribution in [0.3, 0.4) is 0 Å². The van der Waals surface area contributed by atoms with E-state index in [0.29, 0.717) is 21.1 Å². The van der Waals surface area contributed by atoms with Gasteiger partial charge in [-0.3, -0.25) is 10.1 Å². The first kappa shape index (κ1) is 14.7. The van der Waals surface area contributed by atoms with Gasteiger partial charge in [-0.2, -0.15) is 0 Å². The summed E-state index contributed by atoms with van der Waals surface area (Å²) in [7, 11) is 1.58. The maximum atomic E-state index is 10.7. The summed E-state index contributed by atoms with van der Waals surface area (Å²) in [4.78, 5) is 10.3. The molecule has 0 saturated heterocycles. The zero-order valence-corrected chi connectivity index (χ0v) is 13.2. The van der Waals surface area contributed by atoms with Crippen LogP contribution in [0.5, 0.6) is 5.75 Å². The molecule has 1 fully saturated rings. The number of hydrogen-bond acceptors (Lipinski definition) is 5. The van der Waals surface area contributed by atoms with E-state index < -0.39 is 4.92 Å². The molecule has 1 aliphatic rings. The van der Waals surface area contributed by atoms with Gasteiger partial charge in [-0.05, 0) is 31.9 Å². The van der Waals surface area contributed by atoms with Gasteiger partial charge in [-0.25, -0.2) is 0 Å². The SMILES string of the molecule is COC1C(N)CC1Oc1c(Br)cc([N+](=O)[O-])cc1Br. The Kier molecular flexibility index (Phi) is 4.44. The Morgan fingerprint density at radius 1 is 1.42 bits per heavy atom. The summed E-state index contributed by atoms with van der Waals surface area (Å²) in [5.41, 5.74) is 5.79. The Morgan fingerprint density at radius 2 is 2.00 bits per heavy atom. The number of methoxy groups -OCH3 is 1. The standard InChI is InChI=1S/C11H12Br2N2O4/c1-18-11-8(14)4-9(11)19-10-6(12)2-5(15(16)17)3-7(10)13/h2-3,8-9,11H,4,14H2,1H3. The van der Waals surface area contributed by atoms with Gasteiger partial charge in [-0.1, -0.05) is 0 Å². The average Bonchev–Trinajstić information content (AvgIpc) is 2.32. The highest BCUT2D eigenvalue weighted by Crippen LogP contribution is 2.40. The fourth-order valence-electron chi connectivity index (χ4n) is 1.97. The zero-order chi connectivity index (χ0) is 14.2. The maximum Gasteiger partial charge on any atom is 0.271 e. The largest absolute Gasteiger partial charge is 0.485 e. The van der Waals surface area contributed by atoms with Crippen LogP contribution in [-0.4, -0.2) is 30.3 Å². The van der Waals surface area contributed by atoms with Crippen molar-refractivity contribution in [1.29, 1.82) is 0 Å². The number of halogens is 2. The van der Waals surface area contributed by atoms with Crippen molar-refractivity contribution in [3.63, 3.8) is 0 Å². The summed E-state index contributed by atoms with van der Waals surface area (Å²) in [6.07, 6.45) is 0.386. The highest BCUT2D eigenvalue weighted by Gasteiger charge is 2.41. The van der Waals surface area contributed by atoms with Crippen LogP contribution >= 0.6 is 31.9 Å². The van der Waals surface area contributed by atoms with E-state index in [2.05, 4.69) is 31.9 Å². The molecule has 3 atom stereocenters. The van der Waals surface area contributed by atoms with Crippen molar-refractivity contribution in [2.24, 2.45) is 5.73 Å². The smallest absolute Gasteiger partial charge is 0.271 e. The monoisotopic (exact) mass is 394 g/mol. The fraction of sp³-hybridized carbons (Fsp3) is 0.455. The van der Waals surface area contributed by atoms with Gasteiger partial charge in [0.25, 0.3) is 5.69 Å². The predicted molar refractivity (Wildman–Crippen MR) is 76.3 cm³/mol. The van der Waals surface area contributed by atoms with Crippen LogP contribution in [0.15, 0.2) is 21.1 Å². The first-order valence-corrected chi connectivity index (χ1v) is 7.11. The number of nitro benzene ring substituents is 1. The molecule has 1 aliphatic carbocycles. The number of nitrogens with zero attached hydrogens (tertiary/aromatic N) is 1. The highest BCUT2D eigenvalue weighted by atomic mass is 79.9. The molecule has 8 heteroatoms. The first-order valence-electron chi connectivity index (χ1n) is 5.52. The molecule has 3 unspecified atom stereocenters. The van der Waals surface area contributed by atoms with E-state index in [4.69, 9.17) is 15.2 Å². The third-order valence-corrected chi connectivity index (χ3v) is 4.21. The van der Waals surface area contributed by atoms with E-state index in [9.17, 15) is 10.1 Å². The number of benzene rings is 1. The molecule has 0 bridgehead atoms. The molecule has 0 aromatic heterocycles. The minimum Gasteiger partial charge on any atom is -0.485 e. The Hall–Kier alpha value is -0.700. The molecular formula is C11H12Br2N2O4. The summed E-state index contributed by atoms with van der Waals surface area (Å²) in [5.74, 6) is 0.518. The van der Waals surface area contributed by atoms with Crippen LogP contribution < -0.4 is 10.5 Å². The summed E-state index contributed by atoms with van der Waals surface area (Å²) in [6, 6.07) is 2.77. The van der Waals surface area contributed by atoms with E-state index in [1.165, 1.54) is 12.1 Å². The Bertz CT molecular complexity index is 488. The number of hydrogen-bond donors (Lipinski definition) is 1. The van der Waals surface area contributed by atoms with Gasteiger partial charge in [0.1, 0.15) is 18.0 Å². The van der Waals surface area contributed by atoms with Crippen LogP contribution in [0.4, 0.5) is 5.69 Å². The van der Waals surface area contributed by atoms with Crippen molar-refractivity contribution >= 4 is 37.5 Å². The van der Waals surface area contributed by atoms with Crippen molar-refractivity contribution in [3.8, 4) is 5.75 Å². The Balaban J connectivity index is 2.20. The Morgan fingerprint density at radius 3 is 2.42 bits per heavy atom. The van der Waals surface area contributed by atoms with E-state index in [0.717, 1.165) is 0 Å². The molecule has 0 aliphatic heterocycles. The molecule has 0 radical (unpaired) electrons.